The van der Waals surface area contributed by atoms with E-state index in [9.17, 15) is 8.42 Å². The van der Waals surface area contributed by atoms with Crippen molar-refractivity contribution >= 4 is 51.3 Å². The molecule has 0 aliphatic carbocycles. The van der Waals surface area contributed by atoms with Crippen molar-refractivity contribution in [2.24, 2.45) is 10.9 Å². The molecule has 0 aromatic carbocycles. The van der Waals surface area contributed by atoms with Crippen molar-refractivity contribution in [1.29, 1.82) is 0 Å². The van der Waals surface area contributed by atoms with Crippen LogP contribution in [0.2, 0.25) is 0 Å². The van der Waals surface area contributed by atoms with E-state index in [1.165, 1.54) is 41.3 Å². The average molecular weight is 573 g/mol. The highest BCUT2D eigenvalue weighted by atomic mass is 127. The third kappa shape index (κ3) is 9.37. The lowest BCUT2D eigenvalue weighted by atomic mass is 10.0. The first-order valence-corrected chi connectivity index (χ1v) is 12.8. The lowest BCUT2D eigenvalue weighted by Gasteiger charge is -2.25. The number of thiophene rings is 1. The van der Waals surface area contributed by atoms with Crippen molar-refractivity contribution in [3.63, 3.8) is 0 Å². The van der Waals surface area contributed by atoms with Gasteiger partial charge in [0, 0.05) is 31.6 Å². The van der Waals surface area contributed by atoms with Gasteiger partial charge in [0.05, 0.1) is 19.8 Å². The van der Waals surface area contributed by atoms with Crippen LogP contribution in [0, 0.1) is 5.92 Å². The normalized spacial score (nSPS) is 15.8. The highest BCUT2D eigenvalue weighted by Gasteiger charge is 2.27. The molecule has 0 saturated carbocycles. The van der Waals surface area contributed by atoms with Gasteiger partial charge in [0.15, 0.2) is 5.96 Å². The highest BCUT2D eigenvalue weighted by molar-refractivity contribution is 14.0. The van der Waals surface area contributed by atoms with Crippen molar-refractivity contribution in [3.8, 4) is 0 Å². The van der Waals surface area contributed by atoms with Gasteiger partial charge in [-0.1, -0.05) is 39.5 Å². The molecule has 0 unspecified atom stereocenters. The summed E-state index contributed by atoms with van der Waals surface area (Å²) in [6.45, 7) is 7.73. The Hall–Kier alpha value is -0.430. The minimum Gasteiger partial charge on any atom is -0.379 e. The Morgan fingerprint density at radius 2 is 1.87 bits per heavy atom. The molecule has 0 atom stereocenters. The van der Waals surface area contributed by atoms with Crippen molar-refractivity contribution in [1.82, 2.24) is 14.9 Å². The van der Waals surface area contributed by atoms with E-state index in [4.69, 9.17) is 4.74 Å². The van der Waals surface area contributed by atoms with Crippen LogP contribution in [-0.4, -0.2) is 58.6 Å². The molecule has 10 heteroatoms. The lowest BCUT2D eigenvalue weighted by molar-refractivity contribution is 0.0731. The summed E-state index contributed by atoms with van der Waals surface area (Å²) in [4.78, 5) is 5.21. The first kappa shape index (κ1) is 27.6. The number of nitrogens with zero attached hydrogens (tertiary/aromatic N) is 2. The topological polar surface area (TPSA) is 83.0 Å². The van der Waals surface area contributed by atoms with Crippen LogP contribution in [0.1, 0.15) is 50.8 Å². The van der Waals surface area contributed by atoms with Crippen LogP contribution in [0.25, 0.3) is 0 Å². The number of guanidine groups is 1. The molecule has 1 aliphatic rings. The maximum Gasteiger partial charge on any atom is 0.252 e. The van der Waals surface area contributed by atoms with Gasteiger partial charge in [-0.2, -0.15) is 4.31 Å². The van der Waals surface area contributed by atoms with Gasteiger partial charge in [0.2, 0.25) is 0 Å². The number of hydrogen-bond donors (Lipinski definition) is 2. The van der Waals surface area contributed by atoms with Crippen LogP contribution in [-0.2, 0) is 21.3 Å². The average Bonchev–Trinajstić information content (AvgIpc) is 3.20. The zero-order chi connectivity index (χ0) is 21.1. The molecule has 1 fully saturated rings. The Balaban J connectivity index is 0.00000450. The van der Waals surface area contributed by atoms with Gasteiger partial charge in [-0.05, 0) is 24.5 Å². The SMILES string of the molecule is CN=C(NCCCCCCC(C)C)NCc1ccc(S(=O)(=O)N2CCOCC2)s1.I. The van der Waals surface area contributed by atoms with Crippen molar-refractivity contribution in [2.45, 2.75) is 56.7 Å². The molecule has 2 heterocycles. The Morgan fingerprint density at radius 1 is 1.17 bits per heavy atom. The monoisotopic (exact) mass is 572 g/mol. The first-order chi connectivity index (χ1) is 13.9. The molecule has 0 spiro atoms. The molecule has 0 bridgehead atoms. The van der Waals surface area contributed by atoms with Crippen molar-refractivity contribution in [2.75, 3.05) is 39.9 Å². The Morgan fingerprint density at radius 3 is 2.53 bits per heavy atom. The molecule has 1 aromatic heterocycles. The second-order valence-corrected chi connectivity index (χ2v) is 11.0. The molecule has 30 heavy (non-hydrogen) atoms. The summed E-state index contributed by atoms with van der Waals surface area (Å²) in [5.41, 5.74) is 0. The molecule has 1 aromatic rings. The van der Waals surface area contributed by atoms with Gasteiger partial charge in [0.1, 0.15) is 4.21 Å². The molecule has 2 rings (SSSR count). The molecule has 1 saturated heterocycles. The number of halogens is 1. The van der Waals surface area contributed by atoms with E-state index >= 15 is 0 Å². The quantitative estimate of drug-likeness (QED) is 0.183. The Kier molecular flexibility index (Phi) is 13.4. The maximum atomic E-state index is 12.7. The predicted octanol–water partition coefficient (Wildman–Crippen LogP) is 3.66. The fourth-order valence-electron chi connectivity index (χ4n) is 3.14. The van der Waals surface area contributed by atoms with E-state index in [0.717, 1.165) is 29.7 Å². The van der Waals surface area contributed by atoms with E-state index in [1.54, 1.807) is 13.1 Å². The zero-order valence-electron chi connectivity index (χ0n) is 18.4. The van der Waals surface area contributed by atoms with Crippen molar-refractivity contribution < 1.29 is 13.2 Å². The number of aliphatic imine (C=N–C) groups is 1. The number of morpholine rings is 1. The molecule has 0 radical (unpaired) electrons. The third-order valence-electron chi connectivity index (χ3n) is 4.86. The van der Waals surface area contributed by atoms with Gasteiger partial charge in [-0.25, -0.2) is 8.42 Å². The van der Waals surface area contributed by atoms with Crippen LogP contribution in [0.15, 0.2) is 21.3 Å². The minimum atomic E-state index is -3.42. The fourth-order valence-corrected chi connectivity index (χ4v) is 5.99. The Bertz CT molecular complexity index is 732. The van der Waals surface area contributed by atoms with E-state index in [-0.39, 0.29) is 24.0 Å². The van der Waals surface area contributed by atoms with Gasteiger partial charge in [-0.15, -0.1) is 35.3 Å². The van der Waals surface area contributed by atoms with E-state index in [0.29, 0.717) is 37.1 Å². The molecule has 1 aliphatic heterocycles. The number of nitrogens with one attached hydrogen (secondary N) is 2. The van der Waals surface area contributed by atoms with E-state index < -0.39 is 10.0 Å². The smallest absolute Gasteiger partial charge is 0.252 e. The van der Waals surface area contributed by atoms with E-state index in [1.807, 2.05) is 6.07 Å². The second kappa shape index (κ2) is 14.6. The van der Waals surface area contributed by atoms with E-state index in [2.05, 4.69) is 29.5 Å². The second-order valence-electron chi connectivity index (χ2n) is 7.69. The van der Waals surface area contributed by atoms with Gasteiger partial charge in [-0.3, -0.25) is 4.99 Å². The third-order valence-corrected chi connectivity index (χ3v) is 8.31. The molecular weight excluding hydrogens is 535 g/mol. The van der Waals surface area contributed by atoms with Gasteiger partial charge in [0.25, 0.3) is 10.0 Å². The molecule has 0 amide bonds. The van der Waals surface area contributed by atoms with Crippen LogP contribution in [0.4, 0.5) is 0 Å². The fraction of sp³-hybridized carbons (Fsp3) is 0.750. The first-order valence-electron chi connectivity index (χ1n) is 10.5. The summed E-state index contributed by atoms with van der Waals surface area (Å²) >= 11 is 1.31. The number of unbranched alkanes of at least 4 members (excludes halogenated alkanes) is 3. The largest absolute Gasteiger partial charge is 0.379 e. The molecular formula is C20H37IN4O3S2. The Labute approximate surface area is 203 Å². The maximum absolute atomic E-state index is 12.7. The summed E-state index contributed by atoms with van der Waals surface area (Å²) in [5.74, 6) is 1.54. The lowest BCUT2D eigenvalue weighted by Crippen LogP contribution is -2.40. The number of rotatable bonds is 11. The summed E-state index contributed by atoms with van der Waals surface area (Å²) in [6, 6.07) is 3.56. The number of sulfonamides is 1. The van der Waals surface area contributed by atoms with Crippen LogP contribution in [0.5, 0.6) is 0 Å². The molecule has 7 nitrogen and oxygen atoms in total. The molecule has 2 N–H and O–H groups in total. The standard InChI is InChI=1S/C20H36N4O3S2.HI/c1-17(2)8-6-4-5-7-11-22-20(21-3)23-16-18-9-10-19(28-18)29(25,26)24-12-14-27-15-13-24;/h9-10,17H,4-8,11-16H2,1-3H3,(H2,21,22,23);1H. The molecule has 174 valence electrons. The van der Waals surface area contributed by atoms with Gasteiger partial charge >= 0.3 is 0 Å². The van der Waals surface area contributed by atoms with Crippen LogP contribution < -0.4 is 10.6 Å². The summed E-state index contributed by atoms with van der Waals surface area (Å²) in [5, 5.41) is 6.60. The predicted molar refractivity (Wildman–Crippen MR) is 135 cm³/mol. The summed E-state index contributed by atoms with van der Waals surface area (Å²) in [7, 11) is -1.67. The number of hydrogen-bond acceptors (Lipinski definition) is 5. The summed E-state index contributed by atoms with van der Waals surface area (Å²) < 4.78 is 32.6. The van der Waals surface area contributed by atoms with Crippen LogP contribution in [0.3, 0.4) is 0 Å². The zero-order valence-corrected chi connectivity index (χ0v) is 22.3. The highest BCUT2D eigenvalue weighted by Crippen LogP contribution is 2.25. The summed E-state index contributed by atoms with van der Waals surface area (Å²) in [6.07, 6.45) is 6.24. The minimum absolute atomic E-state index is 0. The van der Waals surface area contributed by atoms with Gasteiger partial charge < -0.3 is 15.4 Å². The number of ether oxygens (including phenoxy) is 1. The van der Waals surface area contributed by atoms with Crippen LogP contribution >= 0.6 is 35.3 Å². The van der Waals surface area contributed by atoms with Crippen molar-refractivity contribution in [3.05, 3.63) is 17.0 Å².